The van der Waals surface area contributed by atoms with Gasteiger partial charge in [-0.3, -0.25) is 9.59 Å². The lowest BCUT2D eigenvalue weighted by atomic mass is 10.3. The maximum absolute atomic E-state index is 11.8. The highest BCUT2D eigenvalue weighted by Gasteiger charge is 2.26. The highest BCUT2D eigenvalue weighted by Crippen LogP contribution is 2.40. The molecule has 1 fully saturated rings. The minimum Gasteiger partial charge on any atom is -0.472 e. The van der Waals surface area contributed by atoms with Crippen LogP contribution in [0.1, 0.15) is 41.2 Å². The quantitative estimate of drug-likeness (QED) is 0.858. The van der Waals surface area contributed by atoms with Crippen LogP contribution in [-0.4, -0.2) is 23.3 Å². The summed E-state index contributed by atoms with van der Waals surface area (Å²) in [5, 5.41) is 8.03. The van der Waals surface area contributed by atoms with Gasteiger partial charge in [-0.1, -0.05) is 0 Å². The highest BCUT2D eigenvalue weighted by atomic mass is 32.1. The Morgan fingerprint density at radius 2 is 2.29 bits per heavy atom. The number of hydrogen-bond acceptors (Lipinski definition) is 5. The Labute approximate surface area is 125 Å². The molecule has 0 atom stereocenters. The van der Waals surface area contributed by atoms with Gasteiger partial charge in [-0.15, -0.1) is 11.3 Å². The molecule has 0 bridgehead atoms. The van der Waals surface area contributed by atoms with E-state index in [4.69, 9.17) is 4.42 Å². The summed E-state index contributed by atoms with van der Waals surface area (Å²) in [7, 11) is 0. The van der Waals surface area contributed by atoms with Crippen molar-refractivity contribution in [3.05, 3.63) is 35.2 Å². The molecule has 2 heterocycles. The van der Waals surface area contributed by atoms with E-state index in [0.717, 1.165) is 5.69 Å². The number of nitrogens with one attached hydrogen (secondary N) is 2. The van der Waals surface area contributed by atoms with E-state index in [9.17, 15) is 9.59 Å². The van der Waals surface area contributed by atoms with Gasteiger partial charge in [-0.05, 0) is 18.9 Å². The standard InChI is InChI=1S/C14H15N3O3S/c18-12(3-5-15-13(19)10-4-6-20-7-10)17-14-16-11(8-21-14)9-1-2-9/h4,6-9H,1-3,5H2,(H,15,19)(H,16,17,18). The lowest BCUT2D eigenvalue weighted by Crippen LogP contribution is -2.27. The van der Waals surface area contributed by atoms with Gasteiger partial charge in [-0.25, -0.2) is 4.98 Å². The predicted octanol–water partition coefficient (Wildman–Crippen LogP) is 2.37. The molecule has 2 aromatic rings. The largest absolute Gasteiger partial charge is 0.472 e. The second-order valence-corrected chi connectivity index (χ2v) is 5.78. The number of amides is 2. The third-order valence-corrected chi connectivity index (χ3v) is 3.96. The number of rotatable bonds is 6. The first kappa shape index (κ1) is 13.8. The van der Waals surface area contributed by atoms with Gasteiger partial charge in [0.2, 0.25) is 5.91 Å². The topological polar surface area (TPSA) is 84.2 Å². The van der Waals surface area contributed by atoms with Crippen LogP contribution in [0.25, 0.3) is 0 Å². The molecule has 7 heteroatoms. The van der Waals surface area contributed by atoms with E-state index in [-0.39, 0.29) is 24.8 Å². The van der Waals surface area contributed by atoms with Gasteiger partial charge in [0.05, 0.1) is 17.5 Å². The zero-order chi connectivity index (χ0) is 14.7. The van der Waals surface area contributed by atoms with Crippen molar-refractivity contribution in [1.29, 1.82) is 0 Å². The van der Waals surface area contributed by atoms with Gasteiger partial charge >= 0.3 is 0 Å². The minimum absolute atomic E-state index is 0.154. The molecular formula is C14H15N3O3S. The maximum atomic E-state index is 11.8. The van der Waals surface area contributed by atoms with Crippen LogP contribution in [0.4, 0.5) is 5.13 Å². The van der Waals surface area contributed by atoms with Gasteiger partial charge in [-0.2, -0.15) is 0 Å². The fourth-order valence-corrected chi connectivity index (χ4v) is 2.69. The molecular weight excluding hydrogens is 290 g/mol. The maximum Gasteiger partial charge on any atom is 0.254 e. The molecule has 0 aliphatic heterocycles. The molecule has 0 saturated heterocycles. The van der Waals surface area contributed by atoms with Crippen LogP contribution < -0.4 is 10.6 Å². The van der Waals surface area contributed by atoms with Crippen molar-refractivity contribution in [3.63, 3.8) is 0 Å². The number of nitrogens with zero attached hydrogens (tertiary/aromatic N) is 1. The van der Waals surface area contributed by atoms with E-state index in [0.29, 0.717) is 16.6 Å². The van der Waals surface area contributed by atoms with E-state index in [1.54, 1.807) is 6.07 Å². The first-order valence-corrected chi connectivity index (χ1v) is 7.66. The van der Waals surface area contributed by atoms with Crippen molar-refractivity contribution >= 4 is 28.3 Å². The number of anilines is 1. The van der Waals surface area contributed by atoms with Crippen molar-refractivity contribution < 1.29 is 14.0 Å². The Morgan fingerprint density at radius 3 is 3.00 bits per heavy atom. The van der Waals surface area contributed by atoms with E-state index in [1.165, 1.54) is 36.7 Å². The first-order chi connectivity index (χ1) is 10.2. The van der Waals surface area contributed by atoms with Gasteiger partial charge in [0, 0.05) is 24.3 Å². The van der Waals surface area contributed by atoms with Crippen molar-refractivity contribution in [3.8, 4) is 0 Å². The van der Waals surface area contributed by atoms with Gasteiger partial charge in [0.1, 0.15) is 6.26 Å². The van der Waals surface area contributed by atoms with Crippen LogP contribution in [0.3, 0.4) is 0 Å². The number of carbonyl (C=O) groups excluding carboxylic acids is 2. The van der Waals surface area contributed by atoms with Crippen LogP contribution in [0.5, 0.6) is 0 Å². The average Bonchev–Trinajstić information content (AvgIpc) is 2.99. The van der Waals surface area contributed by atoms with Gasteiger partial charge in [0.25, 0.3) is 5.91 Å². The summed E-state index contributed by atoms with van der Waals surface area (Å²) in [4.78, 5) is 27.8. The molecule has 3 rings (SSSR count). The van der Waals surface area contributed by atoms with Crippen molar-refractivity contribution in [2.75, 3.05) is 11.9 Å². The Morgan fingerprint density at radius 1 is 1.43 bits per heavy atom. The summed E-state index contributed by atoms with van der Waals surface area (Å²) in [6, 6.07) is 1.57. The van der Waals surface area contributed by atoms with Crippen molar-refractivity contribution in [2.45, 2.75) is 25.2 Å². The Balaban J connectivity index is 1.40. The Hall–Kier alpha value is -2.15. The summed E-state index contributed by atoms with van der Waals surface area (Å²) in [5.41, 5.74) is 1.52. The first-order valence-electron chi connectivity index (χ1n) is 6.78. The lowest BCUT2D eigenvalue weighted by molar-refractivity contribution is -0.116. The molecule has 0 radical (unpaired) electrons. The van der Waals surface area contributed by atoms with Crippen LogP contribution in [0.2, 0.25) is 0 Å². The summed E-state index contributed by atoms with van der Waals surface area (Å²) in [5.74, 6) is 0.183. The normalized spacial score (nSPS) is 13.9. The molecule has 2 amide bonds. The molecule has 0 unspecified atom stereocenters. The second kappa shape index (κ2) is 6.09. The van der Waals surface area contributed by atoms with Crippen molar-refractivity contribution in [2.24, 2.45) is 0 Å². The fraction of sp³-hybridized carbons (Fsp3) is 0.357. The van der Waals surface area contributed by atoms with E-state index >= 15 is 0 Å². The number of thiazole rings is 1. The third kappa shape index (κ3) is 3.69. The van der Waals surface area contributed by atoms with E-state index < -0.39 is 0 Å². The predicted molar refractivity (Wildman–Crippen MR) is 78.4 cm³/mol. The molecule has 2 aromatic heterocycles. The number of furan rings is 1. The highest BCUT2D eigenvalue weighted by molar-refractivity contribution is 7.13. The summed E-state index contributed by atoms with van der Waals surface area (Å²) in [6.45, 7) is 0.275. The van der Waals surface area contributed by atoms with Crippen LogP contribution >= 0.6 is 11.3 Å². The smallest absolute Gasteiger partial charge is 0.254 e. The zero-order valence-electron chi connectivity index (χ0n) is 11.3. The van der Waals surface area contributed by atoms with E-state index in [2.05, 4.69) is 15.6 Å². The van der Waals surface area contributed by atoms with Crippen molar-refractivity contribution in [1.82, 2.24) is 10.3 Å². The SMILES string of the molecule is O=C(CCNC(=O)c1ccoc1)Nc1nc(C2CC2)cs1. The average molecular weight is 305 g/mol. The zero-order valence-corrected chi connectivity index (χ0v) is 12.1. The molecule has 6 nitrogen and oxygen atoms in total. The lowest BCUT2D eigenvalue weighted by Gasteiger charge is -2.03. The third-order valence-electron chi connectivity index (χ3n) is 3.18. The summed E-state index contributed by atoms with van der Waals surface area (Å²) < 4.78 is 4.82. The molecule has 0 spiro atoms. The number of hydrogen-bond donors (Lipinski definition) is 2. The Kier molecular flexibility index (Phi) is 4.01. The molecule has 1 aliphatic carbocycles. The van der Waals surface area contributed by atoms with Crippen LogP contribution in [-0.2, 0) is 4.79 Å². The monoisotopic (exact) mass is 305 g/mol. The Bertz CT molecular complexity index is 632. The summed E-state index contributed by atoms with van der Waals surface area (Å²) >= 11 is 1.44. The second-order valence-electron chi connectivity index (χ2n) is 4.92. The molecule has 110 valence electrons. The van der Waals surface area contributed by atoms with Gasteiger partial charge in [0.15, 0.2) is 5.13 Å². The molecule has 2 N–H and O–H groups in total. The minimum atomic E-state index is -0.248. The molecule has 1 aliphatic rings. The van der Waals surface area contributed by atoms with Crippen LogP contribution in [0, 0.1) is 0 Å². The van der Waals surface area contributed by atoms with E-state index in [1.807, 2.05) is 5.38 Å². The number of carbonyl (C=O) groups is 2. The van der Waals surface area contributed by atoms with Crippen LogP contribution in [0.15, 0.2) is 28.4 Å². The molecule has 21 heavy (non-hydrogen) atoms. The summed E-state index contributed by atoms with van der Waals surface area (Å²) in [6.07, 6.45) is 5.39. The molecule has 1 saturated carbocycles. The molecule has 0 aromatic carbocycles. The van der Waals surface area contributed by atoms with Gasteiger partial charge < -0.3 is 15.1 Å². The fourth-order valence-electron chi connectivity index (χ4n) is 1.88. The number of aromatic nitrogens is 1.